The van der Waals surface area contributed by atoms with Gasteiger partial charge in [-0.15, -0.1) is 0 Å². The lowest BCUT2D eigenvalue weighted by Gasteiger charge is -2.26. The van der Waals surface area contributed by atoms with Gasteiger partial charge in [-0.3, -0.25) is 0 Å². The molecule has 5 nitrogen and oxygen atoms in total. The molecule has 5 heteroatoms. The Morgan fingerprint density at radius 2 is 1.62 bits per heavy atom. The second kappa shape index (κ2) is 11.5. The van der Waals surface area contributed by atoms with E-state index in [1.165, 1.54) is 57.4 Å². The van der Waals surface area contributed by atoms with Crippen LogP contribution in [0.15, 0.2) is 108 Å². The Kier molecular flexibility index (Phi) is 7.84. The molecule has 0 N–H and O–H groups in total. The summed E-state index contributed by atoms with van der Waals surface area (Å²) in [6.45, 7) is 19.8. The molecule has 6 rings (SSSR count). The van der Waals surface area contributed by atoms with E-state index >= 15 is 0 Å². The summed E-state index contributed by atoms with van der Waals surface area (Å²) < 4.78 is 9.77. The zero-order valence-electron chi connectivity index (χ0n) is 28.1. The van der Waals surface area contributed by atoms with Crippen molar-refractivity contribution in [3.8, 4) is 5.75 Å². The number of ether oxygens (including phenoxy) is 1. The van der Waals surface area contributed by atoms with Crippen molar-refractivity contribution in [2.75, 3.05) is 18.0 Å². The predicted molar refractivity (Wildman–Crippen MR) is 184 cm³/mol. The molecule has 0 saturated carbocycles. The molecule has 0 radical (unpaired) electrons. The van der Waals surface area contributed by atoms with Gasteiger partial charge < -0.3 is 14.8 Å². The lowest BCUT2D eigenvalue weighted by atomic mass is 9.80. The van der Waals surface area contributed by atoms with Crippen LogP contribution in [-0.2, 0) is 10.8 Å². The van der Waals surface area contributed by atoms with Gasteiger partial charge in [0.15, 0.2) is 17.7 Å². The van der Waals surface area contributed by atoms with Gasteiger partial charge in [0.1, 0.15) is 12.3 Å². The standard InChI is InChI=1S/C40H46N3O2/c1-9-42-34-19-13-27(3)24-32(34)39(5,6)36(42)21-17-29-15-16-30(38(29)45-31-12-11-23-41(44)26-31)18-22-37-40(7,8)33-25-28(4)14-20-35(33)43(37)10-2/h11-14,17-26H,9-10,15-16H2,1-8H3/q+1. The van der Waals surface area contributed by atoms with Gasteiger partial charge in [-0.05, 0) is 101 Å². The van der Waals surface area contributed by atoms with Crippen LogP contribution in [0.4, 0.5) is 11.4 Å². The maximum absolute atomic E-state index is 12.1. The van der Waals surface area contributed by atoms with E-state index in [1.807, 2.05) is 6.07 Å². The first-order chi connectivity index (χ1) is 21.4. The number of aromatic nitrogens is 1. The number of rotatable bonds is 7. The number of likely N-dealkylation sites (N-methyl/N-ethyl adjacent to an activating group) is 1. The zero-order chi connectivity index (χ0) is 32.1. The molecule has 0 saturated heterocycles. The van der Waals surface area contributed by atoms with Crippen molar-refractivity contribution in [1.82, 2.24) is 0 Å². The van der Waals surface area contributed by atoms with Crippen LogP contribution in [0.3, 0.4) is 0 Å². The van der Waals surface area contributed by atoms with Crippen LogP contribution in [0, 0.1) is 19.1 Å². The quantitative estimate of drug-likeness (QED) is 0.201. The number of hydrogen-bond acceptors (Lipinski definition) is 3. The Hall–Kier alpha value is -4.38. The van der Waals surface area contributed by atoms with Gasteiger partial charge in [-0.1, -0.05) is 49.2 Å². The molecule has 0 spiro atoms. The van der Waals surface area contributed by atoms with Crippen molar-refractivity contribution in [2.45, 2.75) is 79.1 Å². The number of pyridine rings is 1. The normalized spacial score (nSPS) is 20.2. The maximum Gasteiger partial charge on any atom is 0.223 e. The molecule has 1 aliphatic carbocycles. The van der Waals surface area contributed by atoms with Gasteiger partial charge in [-0.25, -0.2) is 0 Å². The molecule has 0 fully saturated rings. The second-order valence-electron chi connectivity index (χ2n) is 13.6. The number of nitrogens with zero attached hydrogens (tertiary/aromatic N) is 3. The SMILES string of the molecule is CCN1/C(=C/C=C2\CCC(/C=C/C3=[N+](CC)c4ccc(C)cc4C3(C)C)=C2Oc2ccc[n+]([O-])c2)C(C)(C)c2cc(C)ccc21. The van der Waals surface area contributed by atoms with E-state index in [4.69, 9.17) is 4.74 Å². The van der Waals surface area contributed by atoms with Gasteiger partial charge in [0, 0.05) is 47.1 Å². The number of anilines is 1. The molecule has 2 aliphatic heterocycles. The largest absolute Gasteiger partial charge is 0.619 e. The number of allylic oxidation sites excluding steroid dienone is 7. The average Bonchev–Trinajstić information content (AvgIpc) is 3.55. The summed E-state index contributed by atoms with van der Waals surface area (Å²) in [4.78, 5) is 2.43. The first kappa shape index (κ1) is 30.6. The number of benzene rings is 2. The minimum atomic E-state index is -0.115. The number of fused-ring (bicyclic) bond motifs is 2. The lowest BCUT2D eigenvalue weighted by Crippen LogP contribution is -2.27. The smallest absolute Gasteiger partial charge is 0.223 e. The summed E-state index contributed by atoms with van der Waals surface area (Å²) >= 11 is 0. The first-order valence-corrected chi connectivity index (χ1v) is 16.3. The molecule has 3 aromatic rings. The minimum Gasteiger partial charge on any atom is -0.619 e. The van der Waals surface area contributed by atoms with Crippen LogP contribution in [0.25, 0.3) is 0 Å². The molecule has 0 atom stereocenters. The highest BCUT2D eigenvalue weighted by Gasteiger charge is 2.44. The Morgan fingerprint density at radius 3 is 2.33 bits per heavy atom. The van der Waals surface area contributed by atoms with E-state index < -0.39 is 0 Å². The zero-order valence-corrected chi connectivity index (χ0v) is 28.1. The van der Waals surface area contributed by atoms with Crippen LogP contribution < -0.4 is 14.4 Å². The fourth-order valence-corrected chi connectivity index (χ4v) is 7.38. The van der Waals surface area contributed by atoms with Gasteiger partial charge in [0.25, 0.3) is 0 Å². The highest BCUT2D eigenvalue weighted by Crippen LogP contribution is 2.48. The molecule has 232 valence electrons. The number of hydrogen-bond donors (Lipinski definition) is 0. The number of aryl methyl sites for hydroxylation is 2. The Labute approximate surface area is 268 Å². The van der Waals surface area contributed by atoms with Crippen LogP contribution >= 0.6 is 0 Å². The van der Waals surface area contributed by atoms with Gasteiger partial charge >= 0.3 is 0 Å². The summed E-state index contributed by atoms with van der Waals surface area (Å²) in [5.41, 5.74) is 12.5. The Morgan fingerprint density at radius 1 is 0.889 bits per heavy atom. The summed E-state index contributed by atoms with van der Waals surface area (Å²) in [6.07, 6.45) is 13.8. The summed E-state index contributed by atoms with van der Waals surface area (Å²) in [5, 5.41) is 12.1. The fraction of sp³-hybridized carbons (Fsp3) is 0.350. The van der Waals surface area contributed by atoms with Crippen molar-refractivity contribution in [3.63, 3.8) is 0 Å². The maximum atomic E-state index is 12.1. The highest BCUT2D eigenvalue weighted by molar-refractivity contribution is 6.03. The minimum absolute atomic E-state index is 0.115. The third-order valence-corrected chi connectivity index (χ3v) is 9.83. The molecule has 0 bridgehead atoms. The molecular weight excluding hydrogens is 554 g/mol. The second-order valence-corrected chi connectivity index (χ2v) is 13.6. The monoisotopic (exact) mass is 600 g/mol. The molecule has 0 unspecified atom stereocenters. The van der Waals surface area contributed by atoms with E-state index in [2.05, 4.69) is 126 Å². The third kappa shape index (κ3) is 5.32. The fourth-order valence-electron chi connectivity index (χ4n) is 7.38. The highest BCUT2D eigenvalue weighted by atomic mass is 16.5. The van der Waals surface area contributed by atoms with Gasteiger partial charge in [0.05, 0.1) is 5.41 Å². The summed E-state index contributed by atoms with van der Waals surface area (Å²) in [6, 6.07) is 17.1. The van der Waals surface area contributed by atoms with E-state index in [0.29, 0.717) is 5.75 Å². The van der Waals surface area contributed by atoms with Crippen molar-refractivity contribution in [3.05, 3.63) is 135 Å². The molecule has 3 heterocycles. The van der Waals surface area contributed by atoms with E-state index in [1.54, 1.807) is 6.07 Å². The molecule has 45 heavy (non-hydrogen) atoms. The topological polar surface area (TPSA) is 42.4 Å². The van der Waals surface area contributed by atoms with Crippen molar-refractivity contribution < 1.29 is 14.0 Å². The molecule has 1 aromatic heterocycles. The Bertz CT molecular complexity index is 1830. The van der Waals surface area contributed by atoms with Gasteiger partial charge in [-0.2, -0.15) is 9.31 Å². The molecule has 0 amide bonds. The third-order valence-electron chi connectivity index (χ3n) is 9.83. The predicted octanol–water partition coefficient (Wildman–Crippen LogP) is 8.64. The first-order valence-electron chi connectivity index (χ1n) is 16.3. The van der Waals surface area contributed by atoms with E-state index in [9.17, 15) is 5.21 Å². The lowest BCUT2D eigenvalue weighted by molar-refractivity contribution is -0.605. The van der Waals surface area contributed by atoms with Crippen LogP contribution in [0.5, 0.6) is 5.75 Å². The average molecular weight is 601 g/mol. The van der Waals surface area contributed by atoms with Crippen LogP contribution in [0.1, 0.15) is 76.6 Å². The molecular formula is C40H46N3O2+. The van der Waals surface area contributed by atoms with Crippen LogP contribution in [0.2, 0.25) is 0 Å². The van der Waals surface area contributed by atoms with Crippen molar-refractivity contribution in [2.24, 2.45) is 0 Å². The summed E-state index contributed by atoms with van der Waals surface area (Å²) in [5.74, 6) is 1.38. The van der Waals surface area contributed by atoms with Crippen LogP contribution in [-0.4, -0.2) is 23.4 Å². The van der Waals surface area contributed by atoms with Gasteiger partial charge in [0.2, 0.25) is 11.9 Å². The van der Waals surface area contributed by atoms with Crippen molar-refractivity contribution in [1.29, 1.82) is 0 Å². The molecule has 2 aromatic carbocycles. The van der Waals surface area contributed by atoms with E-state index in [-0.39, 0.29) is 10.8 Å². The van der Waals surface area contributed by atoms with E-state index in [0.717, 1.165) is 47.6 Å². The van der Waals surface area contributed by atoms with Crippen molar-refractivity contribution >= 4 is 17.1 Å². The molecule has 3 aliphatic rings. The Balaban J connectivity index is 1.42. The summed E-state index contributed by atoms with van der Waals surface area (Å²) in [7, 11) is 0.